The Hall–Kier alpha value is -0.490. The van der Waals surface area contributed by atoms with Gasteiger partial charge in [-0.15, -0.1) is 0 Å². The smallest absolute Gasteiger partial charge is 0.196 e. The van der Waals surface area contributed by atoms with E-state index in [9.17, 15) is 9.90 Å². The highest BCUT2D eigenvalue weighted by Crippen LogP contribution is 2.35. The van der Waals surface area contributed by atoms with E-state index in [4.69, 9.17) is 0 Å². The number of hydrogen-bond donors (Lipinski definition) is 1. The van der Waals surface area contributed by atoms with Gasteiger partial charge in [0.25, 0.3) is 0 Å². The van der Waals surface area contributed by atoms with Crippen molar-refractivity contribution in [1.82, 2.24) is 0 Å². The molecule has 2 nitrogen and oxygen atoms in total. The molecular weight excluding hydrogens is 440 g/mol. The second kappa shape index (κ2) is 6.31. The first-order chi connectivity index (χ1) is 9.02. The molecule has 1 N–H and O–H groups in total. The molecule has 0 aliphatic heterocycles. The van der Waals surface area contributed by atoms with Gasteiger partial charge in [0.2, 0.25) is 0 Å². The molecule has 0 aromatic heterocycles. The first kappa shape index (κ1) is 14.9. The van der Waals surface area contributed by atoms with Crippen LogP contribution in [0.5, 0.6) is 0 Å². The Kier molecular flexibility index (Phi) is 4.95. The van der Waals surface area contributed by atoms with Gasteiger partial charge >= 0.3 is 0 Å². The number of Topliss-reactive ketones (excluding diaryl/α,β-unsaturated/α-hetero) is 1. The largest absolute Gasteiger partial charge is 0.380 e. The molecule has 0 saturated heterocycles. The van der Waals surface area contributed by atoms with Gasteiger partial charge < -0.3 is 5.11 Å². The van der Waals surface area contributed by atoms with Gasteiger partial charge in [-0.1, -0.05) is 30.3 Å². The minimum atomic E-state index is -1.16. The molecule has 0 aliphatic rings. The summed E-state index contributed by atoms with van der Waals surface area (Å²) in [6.07, 6.45) is -1.16. The van der Waals surface area contributed by atoms with Gasteiger partial charge in [0, 0.05) is 19.0 Å². The van der Waals surface area contributed by atoms with Gasteiger partial charge in [0.1, 0.15) is 6.10 Å². The van der Waals surface area contributed by atoms with Crippen LogP contribution in [-0.2, 0) is 0 Å². The third-order valence-corrected chi connectivity index (χ3v) is 6.04. The molecule has 0 radical (unpaired) electrons. The van der Waals surface area contributed by atoms with Crippen molar-refractivity contribution < 1.29 is 9.90 Å². The number of carbonyl (C=O) groups excluding carboxylic acids is 1. The van der Waals surface area contributed by atoms with Crippen LogP contribution in [0.4, 0.5) is 0 Å². The standard InChI is InChI=1S/C14H9Br3O2/c15-10-7-6-9(11(16)12(10)17)14(19)13(18)8-4-2-1-3-5-8/h1-7,13,18H. The Labute approximate surface area is 136 Å². The fraction of sp³-hybridized carbons (Fsp3) is 0.0714. The summed E-state index contributed by atoms with van der Waals surface area (Å²) in [5.41, 5.74) is 1.02. The number of hydrogen-bond acceptors (Lipinski definition) is 2. The lowest BCUT2D eigenvalue weighted by molar-refractivity contribution is 0.0746. The molecule has 0 spiro atoms. The molecule has 2 aromatic carbocycles. The van der Waals surface area contributed by atoms with Crippen molar-refractivity contribution in [3.63, 3.8) is 0 Å². The maximum absolute atomic E-state index is 12.3. The summed E-state index contributed by atoms with van der Waals surface area (Å²) in [5, 5.41) is 10.1. The highest BCUT2D eigenvalue weighted by molar-refractivity contribution is 9.14. The first-order valence-electron chi connectivity index (χ1n) is 5.43. The zero-order valence-corrected chi connectivity index (χ0v) is 14.4. The van der Waals surface area contributed by atoms with Gasteiger partial charge in [-0.05, 0) is 65.5 Å². The summed E-state index contributed by atoms with van der Waals surface area (Å²) in [7, 11) is 0. The van der Waals surface area contributed by atoms with Crippen molar-refractivity contribution >= 4 is 53.6 Å². The minimum Gasteiger partial charge on any atom is -0.380 e. The fourth-order valence-electron chi connectivity index (χ4n) is 1.65. The number of rotatable bonds is 3. The van der Waals surface area contributed by atoms with Gasteiger partial charge in [-0.25, -0.2) is 0 Å². The van der Waals surface area contributed by atoms with E-state index in [0.29, 0.717) is 15.6 Å². The van der Waals surface area contributed by atoms with Gasteiger partial charge in [0.15, 0.2) is 5.78 Å². The number of aliphatic hydroxyl groups excluding tert-OH is 1. The number of halogens is 3. The first-order valence-corrected chi connectivity index (χ1v) is 7.81. The van der Waals surface area contributed by atoms with Crippen molar-refractivity contribution in [2.75, 3.05) is 0 Å². The number of carbonyl (C=O) groups is 1. The SMILES string of the molecule is O=C(c1ccc(Br)c(Br)c1Br)C(O)c1ccccc1. The summed E-state index contributed by atoms with van der Waals surface area (Å²) in [6.45, 7) is 0. The van der Waals surface area contributed by atoms with Crippen LogP contribution in [0.1, 0.15) is 22.0 Å². The summed E-state index contributed by atoms with van der Waals surface area (Å²) < 4.78 is 2.21. The van der Waals surface area contributed by atoms with Crippen molar-refractivity contribution in [3.8, 4) is 0 Å². The predicted molar refractivity (Wildman–Crippen MR) is 85.3 cm³/mol. The van der Waals surface area contributed by atoms with Crippen LogP contribution >= 0.6 is 47.8 Å². The molecule has 0 heterocycles. The number of benzene rings is 2. The molecule has 98 valence electrons. The maximum Gasteiger partial charge on any atom is 0.196 e. The third-order valence-electron chi connectivity index (χ3n) is 2.66. The lowest BCUT2D eigenvalue weighted by atomic mass is 10.0. The van der Waals surface area contributed by atoms with Crippen LogP contribution in [0.15, 0.2) is 55.9 Å². The highest BCUT2D eigenvalue weighted by Gasteiger charge is 2.22. The van der Waals surface area contributed by atoms with Gasteiger partial charge in [-0.2, -0.15) is 0 Å². The van der Waals surface area contributed by atoms with Crippen molar-refractivity contribution in [3.05, 3.63) is 67.0 Å². The Balaban J connectivity index is 2.38. The van der Waals surface area contributed by atoms with Crippen LogP contribution < -0.4 is 0 Å². The van der Waals surface area contributed by atoms with E-state index in [1.807, 2.05) is 6.07 Å². The zero-order chi connectivity index (χ0) is 14.0. The Morgan fingerprint density at radius 3 is 2.21 bits per heavy atom. The van der Waals surface area contributed by atoms with E-state index in [1.165, 1.54) is 0 Å². The van der Waals surface area contributed by atoms with Crippen molar-refractivity contribution in [2.45, 2.75) is 6.10 Å². The van der Waals surface area contributed by atoms with Crippen LogP contribution in [0.3, 0.4) is 0 Å². The second-order valence-corrected chi connectivity index (χ2v) is 6.34. The summed E-state index contributed by atoms with van der Waals surface area (Å²) in [4.78, 5) is 12.3. The Morgan fingerprint density at radius 1 is 0.947 bits per heavy atom. The molecule has 1 atom stereocenters. The minimum absolute atomic E-state index is 0.341. The molecule has 0 saturated carbocycles. The predicted octanol–water partition coefficient (Wildman–Crippen LogP) is 4.89. The molecule has 2 aromatic rings. The van der Waals surface area contributed by atoms with E-state index in [2.05, 4.69) is 47.8 Å². The van der Waals surface area contributed by atoms with Crippen LogP contribution in [0.25, 0.3) is 0 Å². The third kappa shape index (κ3) is 3.16. The van der Waals surface area contributed by atoms with Gasteiger partial charge in [0.05, 0.1) is 0 Å². The molecule has 0 aliphatic carbocycles. The summed E-state index contributed by atoms with van der Waals surface area (Å²) >= 11 is 10.1. The average molecular weight is 449 g/mol. The quantitative estimate of drug-likeness (QED) is 0.536. The molecule has 2 rings (SSSR count). The van der Waals surface area contributed by atoms with E-state index in [1.54, 1.807) is 36.4 Å². The molecule has 1 unspecified atom stereocenters. The summed E-state index contributed by atoms with van der Waals surface area (Å²) in [5.74, 6) is -0.341. The lowest BCUT2D eigenvalue weighted by Crippen LogP contribution is -2.13. The highest BCUT2D eigenvalue weighted by atomic mass is 79.9. The monoisotopic (exact) mass is 446 g/mol. The normalized spacial score (nSPS) is 12.2. The van der Waals surface area contributed by atoms with Crippen LogP contribution in [0, 0.1) is 0 Å². The zero-order valence-electron chi connectivity index (χ0n) is 9.61. The molecule has 5 heteroatoms. The second-order valence-electron chi connectivity index (χ2n) is 3.90. The topological polar surface area (TPSA) is 37.3 Å². The van der Waals surface area contributed by atoms with Crippen molar-refractivity contribution in [1.29, 1.82) is 0 Å². The number of ketones is 1. The Morgan fingerprint density at radius 2 is 1.58 bits per heavy atom. The molecular formula is C14H9Br3O2. The molecule has 0 bridgehead atoms. The van der Waals surface area contributed by atoms with Gasteiger partial charge in [-0.3, -0.25) is 4.79 Å². The fourth-order valence-corrected chi connectivity index (χ4v) is 3.13. The van der Waals surface area contributed by atoms with Crippen LogP contribution in [0.2, 0.25) is 0 Å². The van der Waals surface area contributed by atoms with E-state index in [0.717, 1.165) is 8.95 Å². The molecule has 0 fully saturated rings. The molecule has 19 heavy (non-hydrogen) atoms. The van der Waals surface area contributed by atoms with Crippen LogP contribution in [-0.4, -0.2) is 10.9 Å². The number of aliphatic hydroxyl groups is 1. The van der Waals surface area contributed by atoms with E-state index in [-0.39, 0.29) is 5.78 Å². The average Bonchev–Trinajstić information content (AvgIpc) is 2.44. The maximum atomic E-state index is 12.3. The molecule has 0 amide bonds. The summed E-state index contributed by atoms with van der Waals surface area (Å²) in [6, 6.07) is 12.3. The van der Waals surface area contributed by atoms with Crippen molar-refractivity contribution in [2.24, 2.45) is 0 Å². The Bertz CT molecular complexity index is 612. The van der Waals surface area contributed by atoms with E-state index >= 15 is 0 Å². The lowest BCUT2D eigenvalue weighted by Gasteiger charge is -2.12. The van der Waals surface area contributed by atoms with E-state index < -0.39 is 6.10 Å².